The number of rotatable bonds is 8. The third kappa shape index (κ3) is 7.91. The fourth-order valence-corrected chi connectivity index (χ4v) is 3.61. The molecule has 1 aliphatic rings. The van der Waals surface area contributed by atoms with Crippen molar-refractivity contribution in [2.75, 3.05) is 46.3 Å². The highest BCUT2D eigenvalue weighted by Crippen LogP contribution is 2.24. The maximum Gasteiger partial charge on any atom is 0.188 e. The number of aliphatic imine (C=N–C) groups is 1. The summed E-state index contributed by atoms with van der Waals surface area (Å²) in [5, 5.41) is 3.18. The van der Waals surface area contributed by atoms with Gasteiger partial charge in [-0.2, -0.15) is 0 Å². The van der Waals surface area contributed by atoms with Gasteiger partial charge in [0.05, 0.1) is 0 Å². The number of hydrogen-bond acceptors (Lipinski definition) is 4. The summed E-state index contributed by atoms with van der Waals surface area (Å²) in [6.45, 7) is 5.82. The first-order valence-electron chi connectivity index (χ1n) is 10.1. The molecule has 3 N–H and O–H groups in total. The second-order valence-electron chi connectivity index (χ2n) is 7.34. The Hall–Kier alpha value is -1.71. The van der Waals surface area contributed by atoms with Crippen LogP contribution in [0.4, 0.5) is 0 Å². The minimum absolute atomic E-state index is 0. The fourth-order valence-electron chi connectivity index (χ4n) is 3.61. The molecule has 3 rings (SSSR count). The zero-order valence-electron chi connectivity index (χ0n) is 17.2. The van der Waals surface area contributed by atoms with Crippen LogP contribution in [-0.4, -0.2) is 67.1 Å². The summed E-state index contributed by atoms with van der Waals surface area (Å²) in [6.07, 6.45) is 3.67. The van der Waals surface area contributed by atoms with Crippen LogP contribution in [0.1, 0.15) is 23.7 Å². The van der Waals surface area contributed by atoms with Crippen molar-refractivity contribution in [2.24, 2.45) is 10.7 Å². The molecule has 0 aliphatic carbocycles. The summed E-state index contributed by atoms with van der Waals surface area (Å²) < 4.78 is 0. The zero-order valence-corrected chi connectivity index (χ0v) is 19.5. The summed E-state index contributed by atoms with van der Waals surface area (Å²) >= 11 is 0. The number of halogens is 1. The van der Waals surface area contributed by atoms with Crippen LogP contribution in [0.5, 0.6) is 0 Å². The number of nitrogens with one attached hydrogen (secondary N) is 1. The van der Waals surface area contributed by atoms with E-state index in [2.05, 4.69) is 62.5 Å². The average molecular weight is 508 g/mol. The number of pyridine rings is 1. The first-order valence-corrected chi connectivity index (χ1v) is 10.1. The van der Waals surface area contributed by atoms with Crippen LogP contribution in [0.2, 0.25) is 0 Å². The summed E-state index contributed by atoms with van der Waals surface area (Å²) in [6, 6.07) is 17.2. The van der Waals surface area contributed by atoms with Gasteiger partial charge in [0.25, 0.3) is 0 Å². The Morgan fingerprint density at radius 2 is 1.97 bits per heavy atom. The largest absolute Gasteiger partial charge is 0.370 e. The number of benzene rings is 1. The van der Waals surface area contributed by atoms with E-state index < -0.39 is 0 Å². The third-order valence-electron chi connectivity index (χ3n) is 5.18. The molecule has 0 radical (unpaired) electrons. The van der Waals surface area contributed by atoms with Crippen molar-refractivity contribution in [3.8, 4) is 0 Å². The number of hydrogen-bond donors (Lipinski definition) is 2. The van der Waals surface area contributed by atoms with Gasteiger partial charge in [0.2, 0.25) is 0 Å². The summed E-state index contributed by atoms with van der Waals surface area (Å²) in [7, 11) is 2.20. The number of nitrogens with two attached hydrogens (primary N) is 1. The molecular formula is C22H33IN6. The molecule has 158 valence electrons. The van der Waals surface area contributed by atoms with Gasteiger partial charge in [-0.25, -0.2) is 0 Å². The normalized spacial score (nSPS) is 18.2. The van der Waals surface area contributed by atoms with Crippen molar-refractivity contribution in [2.45, 2.75) is 18.9 Å². The number of aromatic nitrogens is 1. The number of nitrogens with zero attached hydrogens (tertiary/aromatic N) is 4. The van der Waals surface area contributed by atoms with Crippen molar-refractivity contribution in [1.82, 2.24) is 20.1 Å². The van der Waals surface area contributed by atoms with Crippen LogP contribution in [0.3, 0.4) is 0 Å². The molecule has 1 aromatic heterocycles. The molecule has 2 heterocycles. The van der Waals surface area contributed by atoms with E-state index in [0.29, 0.717) is 12.0 Å². The molecule has 1 atom stereocenters. The number of piperazine rings is 1. The Bertz CT molecular complexity index is 725. The van der Waals surface area contributed by atoms with Gasteiger partial charge in [0, 0.05) is 63.6 Å². The van der Waals surface area contributed by atoms with Gasteiger partial charge >= 0.3 is 0 Å². The minimum Gasteiger partial charge on any atom is -0.370 e. The van der Waals surface area contributed by atoms with Crippen LogP contribution in [0.15, 0.2) is 59.7 Å². The molecular weight excluding hydrogens is 475 g/mol. The van der Waals surface area contributed by atoms with E-state index in [0.717, 1.165) is 57.8 Å². The SMILES string of the molecule is CN1CCN(CCCN=C(N)NCCc2ccccn2)C(c2ccccc2)C1.I. The lowest BCUT2D eigenvalue weighted by atomic mass is 10.0. The van der Waals surface area contributed by atoms with Crippen molar-refractivity contribution in [3.05, 3.63) is 66.0 Å². The minimum atomic E-state index is 0. The molecule has 1 saturated heterocycles. The van der Waals surface area contributed by atoms with E-state index >= 15 is 0 Å². The van der Waals surface area contributed by atoms with Crippen LogP contribution >= 0.6 is 24.0 Å². The van der Waals surface area contributed by atoms with Crippen molar-refractivity contribution < 1.29 is 0 Å². The van der Waals surface area contributed by atoms with Crippen LogP contribution in [0, 0.1) is 0 Å². The first kappa shape index (κ1) is 23.6. The average Bonchev–Trinajstić information content (AvgIpc) is 2.73. The van der Waals surface area contributed by atoms with Gasteiger partial charge < -0.3 is 16.0 Å². The Balaban J connectivity index is 0.00000300. The van der Waals surface area contributed by atoms with E-state index in [1.165, 1.54) is 5.56 Å². The van der Waals surface area contributed by atoms with Crippen molar-refractivity contribution >= 4 is 29.9 Å². The second-order valence-corrected chi connectivity index (χ2v) is 7.34. The lowest BCUT2D eigenvalue weighted by Crippen LogP contribution is -2.47. The van der Waals surface area contributed by atoms with E-state index in [-0.39, 0.29) is 24.0 Å². The molecule has 0 spiro atoms. The molecule has 1 unspecified atom stereocenters. The summed E-state index contributed by atoms with van der Waals surface area (Å²) in [5.41, 5.74) is 8.45. The summed E-state index contributed by atoms with van der Waals surface area (Å²) in [4.78, 5) is 13.8. The maximum atomic E-state index is 5.99. The monoisotopic (exact) mass is 508 g/mol. The van der Waals surface area contributed by atoms with Gasteiger partial charge in [-0.3, -0.25) is 14.9 Å². The van der Waals surface area contributed by atoms with E-state index in [1.54, 1.807) is 0 Å². The smallest absolute Gasteiger partial charge is 0.188 e. The van der Waals surface area contributed by atoms with Gasteiger partial charge in [0.1, 0.15) is 0 Å². The molecule has 1 aromatic carbocycles. The highest BCUT2D eigenvalue weighted by molar-refractivity contribution is 14.0. The number of guanidine groups is 1. The Morgan fingerprint density at radius 1 is 1.17 bits per heavy atom. The van der Waals surface area contributed by atoms with E-state index in [1.807, 2.05) is 24.4 Å². The van der Waals surface area contributed by atoms with Gasteiger partial charge in [-0.05, 0) is 31.2 Å². The topological polar surface area (TPSA) is 69.8 Å². The van der Waals surface area contributed by atoms with Gasteiger partial charge in [-0.1, -0.05) is 36.4 Å². The lowest BCUT2D eigenvalue weighted by molar-refractivity contribution is 0.0894. The Kier molecular flexibility index (Phi) is 10.4. The third-order valence-corrected chi connectivity index (χ3v) is 5.18. The Morgan fingerprint density at radius 3 is 2.72 bits per heavy atom. The predicted molar refractivity (Wildman–Crippen MR) is 131 cm³/mol. The molecule has 1 fully saturated rings. The van der Waals surface area contributed by atoms with Crippen LogP contribution in [0.25, 0.3) is 0 Å². The molecule has 0 bridgehead atoms. The van der Waals surface area contributed by atoms with Crippen LogP contribution < -0.4 is 11.1 Å². The zero-order chi connectivity index (χ0) is 19.6. The molecule has 1 aliphatic heterocycles. The lowest BCUT2D eigenvalue weighted by Gasteiger charge is -2.40. The summed E-state index contributed by atoms with van der Waals surface area (Å²) in [5.74, 6) is 0.522. The molecule has 29 heavy (non-hydrogen) atoms. The molecule has 2 aromatic rings. The van der Waals surface area contributed by atoms with Crippen molar-refractivity contribution in [3.63, 3.8) is 0 Å². The fraction of sp³-hybridized carbons (Fsp3) is 0.455. The standard InChI is InChI=1S/C22H32N6.HI/c1-27-16-17-28(21(18-27)19-8-3-2-4-9-19)15-7-13-25-22(23)26-14-11-20-10-5-6-12-24-20;/h2-6,8-10,12,21H,7,11,13-18H2,1H3,(H3,23,25,26);1H. The highest BCUT2D eigenvalue weighted by atomic mass is 127. The maximum absolute atomic E-state index is 5.99. The highest BCUT2D eigenvalue weighted by Gasteiger charge is 2.25. The molecule has 6 nitrogen and oxygen atoms in total. The van der Waals surface area contributed by atoms with Crippen LogP contribution in [-0.2, 0) is 6.42 Å². The van der Waals surface area contributed by atoms with Crippen molar-refractivity contribution in [1.29, 1.82) is 0 Å². The number of likely N-dealkylation sites (N-methyl/N-ethyl adjacent to an activating group) is 1. The Labute approximate surface area is 191 Å². The molecule has 7 heteroatoms. The second kappa shape index (κ2) is 12.8. The van der Waals surface area contributed by atoms with E-state index in [4.69, 9.17) is 5.73 Å². The van der Waals surface area contributed by atoms with Gasteiger partial charge in [0.15, 0.2) is 5.96 Å². The van der Waals surface area contributed by atoms with E-state index in [9.17, 15) is 0 Å². The predicted octanol–water partition coefficient (Wildman–Crippen LogP) is 2.53. The quantitative estimate of drug-likeness (QED) is 0.248. The first-order chi connectivity index (χ1) is 13.7. The molecule has 0 saturated carbocycles. The molecule has 0 amide bonds. The van der Waals surface area contributed by atoms with Gasteiger partial charge in [-0.15, -0.1) is 24.0 Å².